The van der Waals surface area contributed by atoms with Crippen LogP contribution in [0.4, 0.5) is 0 Å². The highest BCUT2D eigenvalue weighted by Crippen LogP contribution is 2.32. The second-order valence-electron chi connectivity index (χ2n) is 8.19. The molecule has 1 aromatic heterocycles. The Bertz CT molecular complexity index is 1250. The zero-order valence-electron chi connectivity index (χ0n) is 17.7. The van der Waals surface area contributed by atoms with Crippen molar-refractivity contribution in [1.29, 1.82) is 0 Å². The van der Waals surface area contributed by atoms with Gasteiger partial charge in [0.1, 0.15) is 6.04 Å². The van der Waals surface area contributed by atoms with Crippen LogP contribution >= 0.6 is 0 Å². The maximum atomic E-state index is 13.1. The number of benzene rings is 2. The number of esters is 1. The molecule has 0 saturated heterocycles. The van der Waals surface area contributed by atoms with Gasteiger partial charge in [-0.1, -0.05) is 30.3 Å². The monoisotopic (exact) mass is 430 g/mol. The van der Waals surface area contributed by atoms with Crippen molar-refractivity contribution < 1.29 is 23.9 Å². The zero-order valence-corrected chi connectivity index (χ0v) is 17.7. The van der Waals surface area contributed by atoms with E-state index in [0.29, 0.717) is 0 Å². The molecule has 0 radical (unpaired) electrons. The number of aryl methyl sites for hydroxylation is 1. The molecule has 2 aliphatic rings. The summed E-state index contributed by atoms with van der Waals surface area (Å²) in [5.74, 6) is -2.20. The minimum Gasteiger partial charge on any atom is -0.454 e. The Hall–Kier alpha value is -3.74. The number of rotatable bonds is 4. The quantitative estimate of drug-likeness (QED) is 0.468. The Balaban J connectivity index is 1.34. The van der Waals surface area contributed by atoms with Gasteiger partial charge < -0.3 is 4.74 Å². The van der Waals surface area contributed by atoms with E-state index in [-0.39, 0.29) is 17.0 Å². The van der Waals surface area contributed by atoms with Gasteiger partial charge >= 0.3 is 5.97 Å². The second-order valence-corrected chi connectivity index (χ2v) is 8.19. The lowest BCUT2D eigenvalue weighted by molar-refractivity contribution is -0.146. The molecule has 2 heterocycles. The fraction of sp³-hybridized carbons (Fsp3) is 0.280. The van der Waals surface area contributed by atoms with Crippen LogP contribution in [0.15, 0.2) is 48.5 Å². The second kappa shape index (κ2) is 7.75. The number of para-hydroxylation sites is 1. The molecule has 3 aromatic rings. The molecule has 2 amide bonds. The van der Waals surface area contributed by atoms with Crippen molar-refractivity contribution in [2.45, 2.75) is 38.6 Å². The van der Waals surface area contributed by atoms with Crippen molar-refractivity contribution in [3.8, 4) is 0 Å². The van der Waals surface area contributed by atoms with E-state index < -0.39 is 30.4 Å². The maximum Gasteiger partial charge on any atom is 0.329 e. The number of aromatic nitrogens is 1. The van der Waals surface area contributed by atoms with Gasteiger partial charge in [-0.3, -0.25) is 23.9 Å². The van der Waals surface area contributed by atoms with Gasteiger partial charge in [0.15, 0.2) is 6.61 Å². The van der Waals surface area contributed by atoms with Gasteiger partial charge in [-0.2, -0.15) is 0 Å². The summed E-state index contributed by atoms with van der Waals surface area (Å²) in [7, 11) is 0. The van der Waals surface area contributed by atoms with Crippen LogP contribution in [0.25, 0.3) is 10.9 Å². The third-order valence-electron chi connectivity index (χ3n) is 6.32. The summed E-state index contributed by atoms with van der Waals surface area (Å²) in [5, 5.41) is 1.06. The van der Waals surface area contributed by atoms with E-state index in [0.717, 1.165) is 47.2 Å². The number of hydrogen-bond donors (Lipinski definition) is 0. The van der Waals surface area contributed by atoms with E-state index in [9.17, 15) is 19.2 Å². The first kappa shape index (κ1) is 20.2. The molecule has 32 heavy (non-hydrogen) atoms. The molecule has 7 nitrogen and oxygen atoms in total. The van der Waals surface area contributed by atoms with E-state index in [1.807, 2.05) is 24.3 Å². The highest BCUT2D eigenvalue weighted by molar-refractivity contribution is 6.22. The number of ether oxygens (including phenoxy) is 1. The molecule has 1 aliphatic carbocycles. The van der Waals surface area contributed by atoms with Crippen LogP contribution in [0, 0.1) is 0 Å². The number of carbonyl (C=O) groups excluding carboxylic acids is 4. The molecular formula is C25H22N2O5. The summed E-state index contributed by atoms with van der Waals surface area (Å²) < 4.78 is 6.94. The summed E-state index contributed by atoms with van der Waals surface area (Å²) in [6.45, 7) is 0.971. The fourth-order valence-corrected chi connectivity index (χ4v) is 4.76. The first-order valence-corrected chi connectivity index (χ1v) is 10.8. The number of hydrogen-bond acceptors (Lipinski definition) is 5. The Morgan fingerprint density at radius 3 is 2.28 bits per heavy atom. The Morgan fingerprint density at radius 2 is 1.56 bits per heavy atom. The van der Waals surface area contributed by atoms with Crippen molar-refractivity contribution in [3.05, 3.63) is 70.9 Å². The largest absolute Gasteiger partial charge is 0.454 e. The van der Waals surface area contributed by atoms with Gasteiger partial charge in [0.2, 0.25) is 0 Å². The summed E-state index contributed by atoms with van der Waals surface area (Å²) in [4.78, 5) is 51.9. The van der Waals surface area contributed by atoms with E-state index in [1.165, 1.54) is 12.5 Å². The minimum absolute atomic E-state index is 0.263. The van der Waals surface area contributed by atoms with Crippen LogP contribution in [-0.4, -0.2) is 45.8 Å². The molecule has 0 fully saturated rings. The fourth-order valence-electron chi connectivity index (χ4n) is 4.76. The third kappa shape index (κ3) is 3.04. The Kier molecular flexibility index (Phi) is 4.89. The predicted octanol–water partition coefficient (Wildman–Crippen LogP) is 3.39. The maximum absolute atomic E-state index is 13.1. The van der Waals surface area contributed by atoms with Crippen LogP contribution in [0.2, 0.25) is 0 Å². The normalized spacial score (nSPS) is 16.1. The lowest BCUT2D eigenvalue weighted by Crippen LogP contribution is -2.44. The number of fused-ring (bicyclic) bond motifs is 4. The van der Waals surface area contributed by atoms with Crippen molar-refractivity contribution in [2.75, 3.05) is 6.61 Å². The molecule has 0 spiro atoms. The topological polar surface area (TPSA) is 85.7 Å². The molecular weight excluding hydrogens is 408 g/mol. The smallest absolute Gasteiger partial charge is 0.329 e. The van der Waals surface area contributed by atoms with Crippen LogP contribution in [0.5, 0.6) is 0 Å². The number of nitrogens with zero attached hydrogens (tertiary/aromatic N) is 2. The minimum atomic E-state index is -1.13. The van der Waals surface area contributed by atoms with E-state index in [4.69, 9.17) is 4.74 Å². The number of carbonyl (C=O) groups is 4. The molecule has 5 rings (SSSR count). The first-order valence-electron chi connectivity index (χ1n) is 10.8. The van der Waals surface area contributed by atoms with Crippen molar-refractivity contribution in [2.24, 2.45) is 0 Å². The summed E-state index contributed by atoms with van der Waals surface area (Å²) >= 11 is 0. The lowest BCUT2D eigenvalue weighted by atomic mass is 9.95. The average molecular weight is 430 g/mol. The van der Waals surface area contributed by atoms with Gasteiger partial charge in [-0.05, 0) is 56.4 Å². The van der Waals surface area contributed by atoms with E-state index in [1.54, 1.807) is 28.8 Å². The molecule has 0 N–H and O–H groups in total. The van der Waals surface area contributed by atoms with E-state index >= 15 is 0 Å². The lowest BCUT2D eigenvalue weighted by Gasteiger charge is -2.21. The SMILES string of the molecule is C[C@@H](C(=O)OCC(=O)n1c2c(c3ccccc31)CCCC2)N1C(=O)c2ccccc2C1=O. The summed E-state index contributed by atoms with van der Waals surface area (Å²) in [5.41, 5.74) is 3.50. The van der Waals surface area contributed by atoms with Crippen molar-refractivity contribution in [1.82, 2.24) is 9.47 Å². The molecule has 0 unspecified atom stereocenters. The molecule has 1 aliphatic heterocycles. The zero-order chi connectivity index (χ0) is 22.4. The van der Waals surface area contributed by atoms with Gasteiger partial charge in [-0.25, -0.2) is 4.79 Å². The molecule has 162 valence electrons. The van der Waals surface area contributed by atoms with E-state index in [2.05, 4.69) is 0 Å². The molecule has 1 atom stereocenters. The van der Waals surface area contributed by atoms with Crippen LogP contribution < -0.4 is 0 Å². The highest BCUT2D eigenvalue weighted by Gasteiger charge is 2.41. The summed E-state index contributed by atoms with van der Waals surface area (Å²) in [6, 6.07) is 13.0. The van der Waals surface area contributed by atoms with Crippen LogP contribution in [-0.2, 0) is 22.4 Å². The standard InChI is InChI=1S/C25H22N2O5/c1-15(26-23(29)18-10-2-3-11-19(18)24(26)30)25(31)32-14-22(28)27-20-12-6-4-8-16(20)17-9-5-7-13-21(17)27/h2-4,6,8,10-12,15H,5,7,9,13-14H2,1H3/t15-/m0/s1. The number of amides is 2. The Labute approximate surface area is 184 Å². The van der Waals surface area contributed by atoms with Crippen LogP contribution in [0.3, 0.4) is 0 Å². The molecule has 0 saturated carbocycles. The first-order chi connectivity index (χ1) is 15.5. The average Bonchev–Trinajstić information content (AvgIpc) is 3.29. The van der Waals surface area contributed by atoms with Gasteiger partial charge in [0.05, 0.1) is 16.6 Å². The molecule has 0 bridgehead atoms. The van der Waals surface area contributed by atoms with Crippen molar-refractivity contribution >= 4 is 34.6 Å². The highest BCUT2D eigenvalue weighted by atomic mass is 16.5. The van der Waals surface area contributed by atoms with Gasteiger partial charge in [-0.15, -0.1) is 0 Å². The molecule has 2 aromatic carbocycles. The van der Waals surface area contributed by atoms with Gasteiger partial charge in [0, 0.05) is 11.1 Å². The number of imide groups is 1. The van der Waals surface area contributed by atoms with Gasteiger partial charge in [0.25, 0.3) is 17.7 Å². The predicted molar refractivity (Wildman–Crippen MR) is 117 cm³/mol. The summed E-state index contributed by atoms with van der Waals surface area (Å²) in [6.07, 6.45) is 3.82. The third-order valence-corrected chi connectivity index (χ3v) is 6.32. The Morgan fingerprint density at radius 1 is 0.938 bits per heavy atom. The molecule has 7 heteroatoms. The van der Waals surface area contributed by atoms with Crippen molar-refractivity contribution in [3.63, 3.8) is 0 Å². The van der Waals surface area contributed by atoms with Crippen LogP contribution in [0.1, 0.15) is 56.5 Å².